The second-order valence-corrected chi connectivity index (χ2v) is 7.66. The molecular weight excluding hydrogens is 334 g/mol. The zero-order valence-electron chi connectivity index (χ0n) is 14.7. The fourth-order valence-electron chi connectivity index (χ4n) is 3.56. The fourth-order valence-corrected chi connectivity index (χ4v) is 4.51. The van der Waals surface area contributed by atoms with Gasteiger partial charge in [0.1, 0.15) is 5.78 Å². The highest BCUT2D eigenvalue weighted by molar-refractivity contribution is 7.14. The molecule has 0 radical (unpaired) electrons. The Kier molecular flexibility index (Phi) is 5.35. The number of Topliss-reactive ketones (excluding diaryl/α,β-unsaturated/α-hetero) is 1. The molecule has 4 nitrogen and oxygen atoms in total. The Labute approximate surface area is 152 Å². The highest BCUT2D eigenvalue weighted by atomic mass is 32.1. The molecule has 0 spiro atoms. The maximum Gasteiger partial charge on any atom is 0.263 e. The van der Waals surface area contributed by atoms with Gasteiger partial charge in [-0.1, -0.05) is 30.3 Å². The Morgan fingerprint density at radius 2 is 1.80 bits per heavy atom. The average Bonchev–Trinajstić information content (AvgIpc) is 3.11. The van der Waals surface area contributed by atoms with Gasteiger partial charge in [0.05, 0.1) is 16.9 Å². The number of piperidine rings is 1. The first-order chi connectivity index (χ1) is 12.1. The van der Waals surface area contributed by atoms with Gasteiger partial charge < -0.3 is 9.64 Å². The zero-order valence-corrected chi connectivity index (χ0v) is 15.5. The summed E-state index contributed by atoms with van der Waals surface area (Å²) in [5.41, 5.74) is 0.599. The molecule has 132 valence electrons. The van der Waals surface area contributed by atoms with Crippen molar-refractivity contribution in [2.75, 3.05) is 20.2 Å². The van der Waals surface area contributed by atoms with Crippen molar-refractivity contribution in [1.29, 1.82) is 0 Å². The predicted molar refractivity (Wildman–Crippen MR) is 99.0 cm³/mol. The number of carbonyl (C=O) groups excluding carboxylic acids is 2. The molecule has 1 fully saturated rings. The Balaban J connectivity index is 1.73. The second-order valence-electron chi connectivity index (χ2n) is 6.50. The summed E-state index contributed by atoms with van der Waals surface area (Å²) in [6.45, 7) is 3.40. The number of carbonyl (C=O) groups is 2. The molecule has 2 heterocycles. The van der Waals surface area contributed by atoms with Crippen LogP contribution in [0.3, 0.4) is 0 Å². The van der Waals surface area contributed by atoms with E-state index in [9.17, 15) is 9.59 Å². The Morgan fingerprint density at radius 3 is 2.40 bits per heavy atom. The standard InChI is InChI=1S/C20H23NO3S/c1-15(22)20(16-6-4-3-5-7-16)10-12-21(13-11-20)19(23)18-9-8-17(25-18)14-24-2/h3-9H,10-14H2,1-2H3. The van der Waals surface area contributed by atoms with E-state index in [0.29, 0.717) is 32.5 Å². The molecule has 1 aromatic heterocycles. The topological polar surface area (TPSA) is 46.6 Å². The number of amides is 1. The normalized spacial score (nSPS) is 16.6. The van der Waals surface area contributed by atoms with Gasteiger partial charge in [0.15, 0.2) is 0 Å². The summed E-state index contributed by atoms with van der Waals surface area (Å²) in [4.78, 5) is 28.8. The van der Waals surface area contributed by atoms with Crippen molar-refractivity contribution in [3.05, 3.63) is 57.8 Å². The first-order valence-electron chi connectivity index (χ1n) is 8.50. The fraction of sp³-hybridized carbons (Fsp3) is 0.400. The third-order valence-corrected chi connectivity index (χ3v) is 6.11. The van der Waals surface area contributed by atoms with Crippen LogP contribution in [0.1, 0.15) is 39.9 Å². The number of nitrogens with zero attached hydrogens (tertiary/aromatic N) is 1. The number of likely N-dealkylation sites (tertiary alicyclic amines) is 1. The summed E-state index contributed by atoms with van der Waals surface area (Å²) in [6.07, 6.45) is 1.35. The summed E-state index contributed by atoms with van der Waals surface area (Å²) in [5.74, 6) is 0.238. The van der Waals surface area contributed by atoms with Crippen LogP contribution >= 0.6 is 11.3 Å². The minimum absolute atomic E-state index is 0.0533. The van der Waals surface area contributed by atoms with Crippen LogP contribution in [-0.2, 0) is 21.6 Å². The number of ether oxygens (including phenoxy) is 1. The quantitative estimate of drug-likeness (QED) is 0.820. The van der Waals surface area contributed by atoms with Crippen LogP contribution in [0.4, 0.5) is 0 Å². The molecule has 0 N–H and O–H groups in total. The van der Waals surface area contributed by atoms with Crippen molar-refractivity contribution in [3.8, 4) is 0 Å². The molecule has 3 rings (SSSR count). The lowest BCUT2D eigenvalue weighted by Crippen LogP contribution is -2.48. The molecular formula is C20H23NO3S. The first kappa shape index (κ1) is 17.8. The zero-order chi connectivity index (χ0) is 17.9. The summed E-state index contributed by atoms with van der Waals surface area (Å²) >= 11 is 1.48. The highest BCUT2D eigenvalue weighted by Gasteiger charge is 2.41. The molecule has 1 aromatic carbocycles. The molecule has 25 heavy (non-hydrogen) atoms. The predicted octanol–water partition coefficient (Wildman–Crippen LogP) is 3.66. The summed E-state index contributed by atoms with van der Waals surface area (Å²) < 4.78 is 5.12. The van der Waals surface area contributed by atoms with E-state index in [1.165, 1.54) is 11.3 Å². The molecule has 0 saturated carbocycles. The molecule has 5 heteroatoms. The number of thiophene rings is 1. The van der Waals surface area contributed by atoms with Gasteiger partial charge in [-0.05, 0) is 37.5 Å². The lowest BCUT2D eigenvalue weighted by Gasteiger charge is -2.40. The van der Waals surface area contributed by atoms with Gasteiger partial charge in [0.25, 0.3) is 5.91 Å². The van der Waals surface area contributed by atoms with Crippen molar-refractivity contribution < 1.29 is 14.3 Å². The number of methoxy groups -OCH3 is 1. The van der Waals surface area contributed by atoms with E-state index in [2.05, 4.69) is 0 Å². The molecule has 1 saturated heterocycles. The average molecular weight is 357 g/mol. The lowest BCUT2D eigenvalue weighted by molar-refractivity contribution is -0.124. The van der Waals surface area contributed by atoms with E-state index in [0.717, 1.165) is 15.3 Å². The van der Waals surface area contributed by atoms with Crippen molar-refractivity contribution in [2.24, 2.45) is 0 Å². The Morgan fingerprint density at radius 1 is 1.12 bits per heavy atom. The largest absolute Gasteiger partial charge is 0.379 e. The van der Waals surface area contributed by atoms with Gasteiger partial charge in [-0.3, -0.25) is 9.59 Å². The Bertz CT molecular complexity index is 745. The number of ketones is 1. The summed E-state index contributed by atoms with van der Waals surface area (Å²) in [6, 6.07) is 13.8. The minimum atomic E-state index is -0.464. The van der Waals surface area contributed by atoms with E-state index in [-0.39, 0.29) is 11.7 Å². The molecule has 1 aliphatic rings. The third-order valence-electron chi connectivity index (χ3n) is 5.06. The maximum absolute atomic E-state index is 12.7. The SMILES string of the molecule is COCc1ccc(C(=O)N2CCC(C(C)=O)(c3ccccc3)CC2)s1. The van der Waals surface area contributed by atoms with Crippen LogP contribution < -0.4 is 0 Å². The molecule has 1 amide bonds. The van der Waals surface area contributed by atoms with E-state index in [4.69, 9.17) is 4.74 Å². The molecule has 0 aliphatic carbocycles. The minimum Gasteiger partial charge on any atom is -0.379 e. The van der Waals surface area contributed by atoms with Crippen molar-refractivity contribution in [3.63, 3.8) is 0 Å². The number of hydrogen-bond acceptors (Lipinski definition) is 4. The van der Waals surface area contributed by atoms with E-state index in [1.807, 2.05) is 47.4 Å². The van der Waals surface area contributed by atoms with Gasteiger partial charge in [0.2, 0.25) is 0 Å². The lowest BCUT2D eigenvalue weighted by atomic mass is 9.70. The smallest absolute Gasteiger partial charge is 0.263 e. The van der Waals surface area contributed by atoms with Crippen LogP contribution in [0.15, 0.2) is 42.5 Å². The van der Waals surface area contributed by atoms with Gasteiger partial charge in [-0.15, -0.1) is 11.3 Å². The van der Waals surface area contributed by atoms with Gasteiger partial charge in [-0.25, -0.2) is 0 Å². The number of rotatable bonds is 5. The molecule has 0 bridgehead atoms. The van der Waals surface area contributed by atoms with Crippen molar-refractivity contribution in [2.45, 2.75) is 31.8 Å². The van der Waals surface area contributed by atoms with Crippen molar-refractivity contribution >= 4 is 23.0 Å². The second kappa shape index (κ2) is 7.50. The summed E-state index contributed by atoms with van der Waals surface area (Å²) in [7, 11) is 1.65. The third kappa shape index (κ3) is 3.53. The van der Waals surface area contributed by atoms with Gasteiger partial charge in [-0.2, -0.15) is 0 Å². The molecule has 1 aliphatic heterocycles. The first-order valence-corrected chi connectivity index (χ1v) is 9.32. The van der Waals surface area contributed by atoms with Crippen molar-refractivity contribution in [1.82, 2.24) is 4.90 Å². The van der Waals surface area contributed by atoms with Crippen LogP contribution in [0.25, 0.3) is 0 Å². The van der Waals surface area contributed by atoms with E-state index >= 15 is 0 Å². The van der Waals surface area contributed by atoms with Gasteiger partial charge >= 0.3 is 0 Å². The van der Waals surface area contributed by atoms with Gasteiger partial charge in [0, 0.05) is 25.1 Å². The van der Waals surface area contributed by atoms with Crippen LogP contribution in [0, 0.1) is 0 Å². The van der Waals surface area contributed by atoms with E-state index in [1.54, 1.807) is 14.0 Å². The highest BCUT2D eigenvalue weighted by Crippen LogP contribution is 2.37. The van der Waals surface area contributed by atoms with Crippen LogP contribution in [0.5, 0.6) is 0 Å². The van der Waals surface area contributed by atoms with Crippen LogP contribution in [-0.4, -0.2) is 36.8 Å². The molecule has 2 aromatic rings. The monoisotopic (exact) mass is 357 g/mol. The van der Waals surface area contributed by atoms with E-state index < -0.39 is 5.41 Å². The van der Waals surface area contributed by atoms with Crippen LogP contribution in [0.2, 0.25) is 0 Å². The number of hydrogen-bond donors (Lipinski definition) is 0. The maximum atomic E-state index is 12.7. The molecule has 0 atom stereocenters. The molecule has 0 unspecified atom stereocenters. The Hall–Kier alpha value is -1.98. The summed E-state index contributed by atoms with van der Waals surface area (Å²) in [5, 5.41) is 0. The number of benzene rings is 1.